The van der Waals surface area contributed by atoms with Crippen molar-refractivity contribution in [1.29, 1.82) is 0 Å². The summed E-state index contributed by atoms with van der Waals surface area (Å²) < 4.78 is 18.1. The fourth-order valence-electron chi connectivity index (χ4n) is 4.96. The number of hydrogen-bond acceptors (Lipinski definition) is 3. The van der Waals surface area contributed by atoms with Gasteiger partial charge >= 0.3 is 0 Å². The average molecular weight is 324 g/mol. The number of benzene rings is 1. The van der Waals surface area contributed by atoms with E-state index in [4.69, 9.17) is 14.2 Å². The molecule has 1 aromatic carbocycles. The summed E-state index contributed by atoms with van der Waals surface area (Å²) in [7, 11) is 0. The van der Waals surface area contributed by atoms with E-state index in [2.05, 4.69) is 48.6 Å². The topological polar surface area (TPSA) is 59.2 Å². The van der Waals surface area contributed by atoms with Gasteiger partial charge in [-0.15, -0.1) is 0 Å². The summed E-state index contributed by atoms with van der Waals surface area (Å²) >= 11 is 0. The molecule has 5 aliphatic rings. The molecule has 0 aromatic heterocycles. The molecule has 0 bridgehead atoms. The van der Waals surface area contributed by atoms with Crippen LogP contribution in [0.5, 0.6) is 11.5 Å². The molecule has 124 valence electrons. The van der Waals surface area contributed by atoms with E-state index in [9.17, 15) is 0 Å². The summed E-state index contributed by atoms with van der Waals surface area (Å²) in [6.45, 7) is 1.27. The van der Waals surface area contributed by atoms with E-state index in [1.807, 2.05) is 0 Å². The highest BCUT2D eigenvalue weighted by Crippen LogP contribution is 2.70. The zero-order valence-electron chi connectivity index (χ0n) is 13.3. The minimum atomic E-state index is -0.111. The average Bonchev–Trinajstić information content (AvgIpc) is 3.27. The summed E-state index contributed by atoms with van der Waals surface area (Å²) in [5.74, 6) is 2.24. The van der Waals surface area contributed by atoms with Gasteiger partial charge in [0.2, 0.25) is 0 Å². The van der Waals surface area contributed by atoms with E-state index in [0.717, 1.165) is 24.3 Å². The maximum absolute atomic E-state index is 6.55. The normalized spacial score (nSPS) is 39.0. The Balaban J connectivity index is 0.00000131. The van der Waals surface area contributed by atoms with Crippen molar-refractivity contribution in [1.82, 2.24) is 0 Å². The highest BCUT2D eigenvalue weighted by Gasteiger charge is 2.73. The molecule has 2 heterocycles. The van der Waals surface area contributed by atoms with Crippen LogP contribution >= 0.6 is 0 Å². The van der Waals surface area contributed by atoms with Crippen LogP contribution in [0.4, 0.5) is 0 Å². The largest absolute Gasteiger partial charge is 0.486 e. The quantitative estimate of drug-likeness (QED) is 0.737. The van der Waals surface area contributed by atoms with Gasteiger partial charge in [-0.1, -0.05) is 36.5 Å². The molecule has 0 radical (unpaired) electrons. The summed E-state index contributed by atoms with van der Waals surface area (Å²) in [4.78, 5) is 0. The highest BCUT2D eigenvalue weighted by molar-refractivity contribution is 5.71. The Labute approximate surface area is 140 Å². The number of allylic oxidation sites excluding steroid dienone is 2. The Hall–Kier alpha value is -2.04. The van der Waals surface area contributed by atoms with Gasteiger partial charge in [-0.05, 0) is 36.1 Å². The number of hydrogen-bond donors (Lipinski definition) is 0. The van der Waals surface area contributed by atoms with Crippen LogP contribution in [0.1, 0.15) is 24.0 Å². The van der Waals surface area contributed by atoms with Gasteiger partial charge in [0.15, 0.2) is 11.5 Å². The third-order valence-electron chi connectivity index (χ3n) is 6.13. The maximum Gasteiger partial charge on any atom is 0.161 e. The number of rotatable bonds is 0. The summed E-state index contributed by atoms with van der Waals surface area (Å²) in [6, 6.07) is 4.35. The fourth-order valence-corrected chi connectivity index (χ4v) is 4.96. The van der Waals surface area contributed by atoms with Crippen LogP contribution in [0, 0.1) is 5.92 Å². The Bertz CT molecular complexity index is 808. The third kappa shape index (κ3) is 1.60. The molecular weight excluding hydrogens is 304 g/mol. The minimum absolute atomic E-state index is 0. The second-order valence-electron chi connectivity index (χ2n) is 7.29. The zero-order chi connectivity index (χ0) is 15.1. The summed E-state index contributed by atoms with van der Waals surface area (Å²) in [6.07, 6.45) is 15.7. The van der Waals surface area contributed by atoms with Gasteiger partial charge in [0.1, 0.15) is 13.2 Å². The SMILES string of the molecule is C1=CC2CC34CC3(C=Cc3cc5c(cc34)OCCO5)OC2C=C1.O. The van der Waals surface area contributed by atoms with Crippen molar-refractivity contribution >= 4 is 6.08 Å². The van der Waals surface area contributed by atoms with Gasteiger partial charge in [0.25, 0.3) is 0 Å². The molecule has 4 nitrogen and oxygen atoms in total. The van der Waals surface area contributed by atoms with Crippen molar-refractivity contribution in [2.45, 2.75) is 30.0 Å². The van der Waals surface area contributed by atoms with Crippen LogP contribution < -0.4 is 9.47 Å². The summed E-state index contributed by atoms with van der Waals surface area (Å²) in [5.41, 5.74) is 2.65. The molecule has 3 aliphatic carbocycles. The van der Waals surface area contributed by atoms with Gasteiger partial charge < -0.3 is 19.7 Å². The second-order valence-corrected chi connectivity index (χ2v) is 7.29. The lowest BCUT2D eigenvalue weighted by atomic mass is 9.74. The first-order valence-corrected chi connectivity index (χ1v) is 8.46. The van der Waals surface area contributed by atoms with E-state index >= 15 is 0 Å². The molecule has 2 N–H and O–H groups in total. The molecule has 4 atom stereocenters. The Morgan fingerprint density at radius 3 is 2.67 bits per heavy atom. The monoisotopic (exact) mass is 324 g/mol. The van der Waals surface area contributed by atoms with E-state index in [0.29, 0.717) is 19.1 Å². The molecule has 0 spiro atoms. The van der Waals surface area contributed by atoms with E-state index in [-0.39, 0.29) is 22.6 Å². The van der Waals surface area contributed by atoms with Crippen molar-refractivity contribution < 1.29 is 19.7 Å². The molecule has 2 aliphatic heterocycles. The predicted octanol–water partition coefficient (Wildman–Crippen LogP) is 2.57. The smallest absolute Gasteiger partial charge is 0.161 e. The minimum Gasteiger partial charge on any atom is -0.486 e. The van der Waals surface area contributed by atoms with Gasteiger partial charge in [-0.2, -0.15) is 0 Å². The van der Waals surface area contributed by atoms with Crippen molar-refractivity contribution in [3.8, 4) is 11.5 Å². The van der Waals surface area contributed by atoms with Crippen molar-refractivity contribution in [3.63, 3.8) is 0 Å². The molecular formula is C20H20O4. The molecule has 1 saturated carbocycles. The van der Waals surface area contributed by atoms with E-state index in [1.54, 1.807) is 0 Å². The number of ether oxygens (including phenoxy) is 3. The molecule has 1 saturated heterocycles. The van der Waals surface area contributed by atoms with Crippen molar-refractivity contribution in [3.05, 3.63) is 53.6 Å². The highest BCUT2D eigenvalue weighted by atomic mass is 16.6. The lowest BCUT2D eigenvalue weighted by molar-refractivity contribution is -0.0457. The first-order chi connectivity index (χ1) is 11.3. The van der Waals surface area contributed by atoms with Crippen LogP contribution in [0.25, 0.3) is 6.08 Å². The lowest BCUT2D eigenvalue weighted by Crippen LogP contribution is -2.42. The van der Waals surface area contributed by atoms with E-state index in [1.165, 1.54) is 11.1 Å². The molecule has 1 aromatic rings. The predicted molar refractivity (Wildman–Crippen MR) is 90.4 cm³/mol. The van der Waals surface area contributed by atoms with Gasteiger partial charge in [-0.3, -0.25) is 0 Å². The van der Waals surface area contributed by atoms with E-state index < -0.39 is 0 Å². The maximum atomic E-state index is 6.55. The molecule has 24 heavy (non-hydrogen) atoms. The van der Waals surface area contributed by atoms with Crippen LogP contribution in [0.15, 0.2) is 42.5 Å². The van der Waals surface area contributed by atoms with Crippen LogP contribution in [-0.2, 0) is 10.2 Å². The van der Waals surface area contributed by atoms with Crippen molar-refractivity contribution in [2.24, 2.45) is 5.92 Å². The third-order valence-corrected chi connectivity index (χ3v) is 6.13. The van der Waals surface area contributed by atoms with Crippen LogP contribution in [0.3, 0.4) is 0 Å². The Kier molecular flexibility index (Phi) is 2.70. The molecule has 2 fully saturated rings. The fraction of sp³-hybridized carbons (Fsp3) is 0.400. The lowest BCUT2D eigenvalue weighted by Gasteiger charge is -2.41. The molecule has 4 heteroatoms. The standard InChI is InChI=1S/C20H18O3.H2O/c1-2-4-16-14(3-1)11-19-12-20(19,23-16)6-5-13-9-17-18(10-15(13)19)22-8-7-21-17;/h1-6,9-10,14,16H,7-8,11-12H2;1H2. The van der Waals surface area contributed by atoms with Gasteiger partial charge in [0, 0.05) is 11.3 Å². The van der Waals surface area contributed by atoms with Gasteiger partial charge in [0.05, 0.1) is 11.7 Å². The Morgan fingerprint density at radius 1 is 1.00 bits per heavy atom. The Morgan fingerprint density at radius 2 is 1.79 bits per heavy atom. The molecule has 0 amide bonds. The zero-order valence-corrected chi connectivity index (χ0v) is 13.3. The second kappa shape index (κ2) is 4.52. The van der Waals surface area contributed by atoms with Gasteiger partial charge in [-0.25, -0.2) is 0 Å². The summed E-state index contributed by atoms with van der Waals surface area (Å²) in [5, 5.41) is 0. The first-order valence-electron chi connectivity index (χ1n) is 8.46. The molecule has 4 unspecified atom stereocenters. The number of fused-ring (bicyclic) bond motifs is 3. The first kappa shape index (κ1) is 14.3. The van der Waals surface area contributed by atoms with Crippen molar-refractivity contribution in [2.75, 3.05) is 13.2 Å². The van der Waals surface area contributed by atoms with Crippen LogP contribution in [0.2, 0.25) is 0 Å². The molecule has 6 rings (SSSR count). The van der Waals surface area contributed by atoms with Crippen LogP contribution in [-0.4, -0.2) is 30.4 Å².